The molecule has 2 aromatic carbocycles. The summed E-state index contributed by atoms with van der Waals surface area (Å²) in [6.45, 7) is 3.78. The summed E-state index contributed by atoms with van der Waals surface area (Å²) in [6.07, 6.45) is 12.1. The molecule has 0 nitrogen and oxygen atoms in total. The standard InChI is InChI=1S/C20H17Br/c1-2-8-18(19-13-15-20(21)16-14-19)12-7-6-11-17-9-4-3-5-10-17/h2-16H,1H2/b11-6+,12-7-,18-8-. The summed E-state index contributed by atoms with van der Waals surface area (Å²) in [5.74, 6) is 0. The highest BCUT2D eigenvalue weighted by molar-refractivity contribution is 9.10. The summed E-state index contributed by atoms with van der Waals surface area (Å²) >= 11 is 3.45. The fraction of sp³-hybridized carbons (Fsp3) is 0. The third-order valence-corrected chi connectivity index (χ3v) is 3.48. The van der Waals surface area contributed by atoms with Gasteiger partial charge in [0.1, 0.15) is 0 Å². The van der Waals surface area contributed by atoms with E-state index in [1.54, 1.807) is 0 Å². The highest BCUT2D eigenvalue weighted by atomic mass is 79.9. The third-order valence-electron chi connectivity index (χ3n) is 2.95. The zero-order chi connectivity index (χ0) is 14.9. The molecule has 0 N–H and O–H groups in total. The predicted octanol–water partition coefficient (Wildman–Crippen LogP) is 6.29. The largest absolute Gasteiger partial charge is 0.0990 e. The molecule has 2 aromatic rings. The molecule has 0 aliphatic carbocycles. The van der Waals surface area contributed by atoms with E-state index in [-0.39, 0.29) is 0 Å². The first-order valence-corrected chi connectivity index (χ1v) is 7.57. The number of benzene rings is 2. The van der Waals surface area contributed by atoms with E-state index >= 15 is 0 Å². The van der Waals surface area contributed by atoms with Crippen LogP contribution in [0.1, 0.15) is 11.1 Å². The maximum absolute atomic E-state index is 3.78. The molecule has 2 rings (SSSR count). The number of hydrogen-bond donors (Lipinski definition) is 0. The number of allylic oxidation sites excluding steroid dienone is 6. The van der Waals surface area contributed by atoms with Crippen molar-refractivity contribution >= 4 is 27.6 Å². The maximum atomic E-state index is 3.78. The minimum atomic E-state index is 1.08. The minimum Gasteiger partial charge on any atom is -0.0990 e. The molecule has 0 aliphatic rings. The van der Waals surface area contributed by atoms with Crippen molar-refractivity contribution in [3.63, 3.8) is 0 Å². The van der Waals surface area contributed by atoms with Crippen molar-refractivity contribution in [2.45, 2.75) is 0 Å². The summed E-state index contributed by atoms with van der Waals surface area (Å²) in [4.78, 5) is 0. The lowest BCUT2D eigenvalue weighted by atomic mass is 10.0. The smallest absolute Gasteiger partial charge is 0.0175 e. The Bertz CT molecular complexity index is 659. The first-order chi connectivity index (χ1) is 10.3. The van der Waals surface area contributed by atoms with Gasteiger partial charge in [-0.05, 0) is 28.8 Å². The zero-order valence-electron chi connectivity index (χ0n) is 11.7. The van der Waals surface area contributed by atoms with Crippen LogP contribution in [0.4, 0.5) is 0 Å². The Hall–Kier alpha value is -2.12. The first kappa shape index (κ1) is 15.3. The van der Waals surface area contributed by atoms with E-state index in [0.717, 1.165) is 10.0 Å². The quantitative estimate of drug-likeness (QED) is 0.563. The van der Waals surface area contributed by atoms with Gasteiger partial charge >= 0.3 is 0 Å². The maximum Gasteiger partial charge on any atom is 0.0175 e. The van der Waals surface area contributed by atoms with Crippen molar-refractivity contribution in [1.29, 1.82) is 0 Å². The van der Waals surface area contributed by atoms with Gasteiger partial charge in [-0.25, -0.2) is 0 Å². The fourth-order valence-corrected chi connectivity index (χ4v) is 2.17. The molecule has 0 saturated heterocycles. The molecule has 0 fully saturated rings. The van der Waals surface area contributed by atoms with Crippen LogP contribution in [0.5, 0.6) is 0 Å². The van der Waals surface area contributed by atoms with Crippen molar-refractivity contribution in [3.05, 3.63) is 107 Å². The van der Waals surface area contributed by atoms with Crippen LogP contribution >= 0.6 is 15.9 Å². The SMILES string of the molecule is C=C/C=C(/C=C\C=C\c1ccccc1)c1ccc(Br)cc1. The number of halogens is 1. The lowest BCUT2D eigenvalue weighted by Crippen LogP contribution is -1.79. The summed E-state index contributed by atoms with van der Waals surface area (Å²) in [7, 11) is 0. The lowest BCUT2D eigenvalue weighted by molar-refractivity contribution is 1.58. The van der Waals surface area contributed by atoms with E-state index in [4.69, 9.17) is 0 Å². The minimum absolute atomic E-state index is 1.08. The van der Waals surface area contributed by atoms with E-state index in [1.165, 1.54) is 11.1 Å². The van der Waals surface area contributed by atoms with Crippen LogP contribution in [-0.2, 0) is 0 Å². The normalized spacial score (nSPS) is 12.1. The molecule has 0 saturated carbocycles. The van der Waals surface area contributed by atoms with E-state index in [0.29, 0.717) is 0 Å². The second kappa shape index (κ2) is 8.23. The third kappa shape index (κ3) is 5.05. The summed E-state index contributed by atoms with van der Waals surface area (Å²) < 4.78 is 1.08. The Morgan fingerprint density at radius 1 is 0.905 bits per heavy atom. The van der Waals surface area contributed by atoms with Crippen molar-refractivity contribution in [3.8, 4) is 0 Å². The van der Waals surface area contributed by atoms with E-state index in [9.17, 15) is 0 Å². The molecule has 0 unspecified atom stereocenters. The van der Waals surface area contributed by atoms with Crippen LogP contribution in [-0.4, -0.2) is 0 Å². The van der Waals surface area contributed by atoms with Crippen LogP contribution in [0.25, 0.3) is 11.6 Å². The molecule has 0 atom stereocenters. The molecular formula is C20H17Br. The van der Waals surface area contributed by atoms with Gasteiger partial charge in [-0.15, -0.1) is 0 Å². The Morgan fingerprint density at radius 3 is 2.29 bits per heavy atom. The van der Waals surface area contributed by atoms with Crippen LogP contribution in [0.2, 0.25) is 0 Å². The van der Waals surface area contributed by atoms with Crippen LogP contribution in [0, 0.1) is 0 Å². The molecule has 0 amide bonds. The van der Waals surface area contributed by atoms with Gasteiger partial charge in [-0.2, -0.15) is 0 Å². The van der Waals surface area contributed by atoms with Crippen molar-refractivity contribution in [2.75, 3.05) is 0 Å². The molecule has 21 heavy (non-hydrogen) atoms. The van der Waals surface area contributed by atoms with Gasteiger partial charge in [0.05, 0.1) is 0 Å². The van der Waals surface area contributed by atoms with E-state index < -0.39 is 0 Å². The molecule has 0 aromatic heterocycles. The average molecular weight is 337 g/mol. The van der Waals surface area contributed by atoms with E-state index in [1.807, 2.05) is 54.6 Å². The van der Waals surface area contributed by atoms with Gasteiger partial charge in [0.25, 0.3) is 0 Å². The number of hydrogen-bond acceptors (Lipinski definition) is 0. The molecule has 1 heteroatoms. The molecule has 0 spiro atoms. The van der Waals surface area contributed by atoms with Gasteiger partial charge in [-0.1, -0.05) is 101 Å². The number of rotatable bonds is 5. The van der Waals surface area contributed by atoms with Gasteiger partial charge < -0.3 is 0 Å². The molecule has 0 bridgehead atoms. The Kier molecular flexibility index (Phi) is 5.99. The summed E-state index contributed by atoms with van der Waals surface area (Å²) in [5.41, 5.74) is 3.50. The second-order valence-corrected chi connectivity index (χ2v) is 5.41. The van der Waals surface area contributed by atoms with Crippen molar-refractivity contribution in [1.82, 2.24) is 0 Å². The molecular weight excluding hydrogens is 320 g/mol. The Labute approximate surface area is 135 Å². The topological polar surface area (TPSA) is 0 Å². The van der Waals surface area contributed by atoms with Crippen LogP contribution in [0.15, 0.2) is 96.0 Å². The molecule has 0 aliphatic heterocycles. The second-order valence-electron chi connectivity index (χ2n) is 4.49. The van der Waals surface area contributed by atoms with Gasteiger partial charge in [0.2, 0.25) is 0 Å². The summed E-state index contributed by atoms with van der Waals surface area (Å²) in [6, 6.07) is 18.5. The molecule has 104 valence electrons. The predicted molar refractivity (Wildman–Crippen MR) is 96.9 cm³/mol. The highest BCUT2D eigenvalue weighted by Gasteiger charge is 1.96. The lowest BCUT2D eigenvalue weighted by Gasteiger charge is -2.01. The molecule has 0 radical (unpaired) electrons. The van der Waals surface area contributed by atoms with E-state index in [2.05, 4.69) is 58.9 Å². The highest BCUT2D eigenvalue weighted by Crippen LogP contribution is 2.19. The zero-order valence-corrected chi connectivity index (χ0v) is 13.3. The summed E-state index contributed by atoms with van der Waals surface area (Å²) in [5, 5.41) is 0. The van der Waals surface area contributed by atoms with Crippen molar-refractivity contribution < 1.29 is 0 Å². The van der Waals surface area contributed by atoms with Gasteiger partial charge in [0.15, 0.2) is 0 Å². The fourth-order valence-electron chi connectivity index (χ4n) is 1.91. The van der Waals surface area contributed by atoms with Gasteiger partial charge in [-0.3, -0.25) is 0 Å². The van der Waals surface area contributed by atoms with Crippen LogP contribution < -0.4 is 0 Å². The van der Waals surface area contributed by atoms with Crippen LogP contribution in [0.3, 0.4) is 0 Å². The van der Waals surface area contributed by atoms with Gasteiger partial charge in [0, 0.05) is 4.47 Å². The monoisotopic (exact) mass is 336 g/mol. The average Bonchev–Trinajstić information content (AvgIpc) is 2.52. The first-order valence-electron chi connectivity index (χ1n) is 6.78. The Balaban J connectivity index is 2.12. The van der Waals surface area contributed by atoms with Crippen molar-refractivity contribution in [2.24, 2.45) is 0 Å². The Morgan fingerprint density at radius 2 is 1.62 bits per heavy atom. The molecule has 0 heterocycles.